The zero-order valence-corrected chi connectivity index (χ0v) is 9.40. The van der Waals surface area contributed by atoms with Gasteiger partial charge in [0.2, 0.25) is 0 Å². The van der Waals surface area contributed by atoms with Crippen LogP contribution in [0.2, 0.25) is 0 Å². The normalized spacial score (nSPS) is 15.2. The van der Waals surface area contributed by atoms with Crippen LogP contribution in [-0.4, -0.2) is 31.0 Å². The summed E-state index contributed by atoms with van der Waals surface area (Å²) >= 11 is 0. The molecular weight excluding hydrogens is 204 g/mol. The Labute approximate surface area is 95.0 Å². The lowest BCUT2D eigenvalue weighted by molar-refractivity contribution is 0.0789. The van der Waals surface area contributed by atoms with Gasteiger partial charge in [-0.25, -0.2) is 0 Å². The molecule has 86 valence electrons. The summed E-state index contributed by atoms with van der Waals surface area (Å²) in [7, 11) is 1.55. The van der Waals surface area contributed by atoms with Gasteiger partial charge in [-0.2, -0.15) is 0 Å². The molecule has 4 nitrogen and oxygen atoms in total. The van der Waals surface area contributed by atoms with Gasteiger partial charge in [-0.15, -0.1) is 0 Å². The van der Waals surface area contributed by atoms with Gasteiger partial charge >= 0.3 is 0 Å². The van der Waals surface area contributed by atoms with Crippen LogP contribution in [0.5, 0.6) is 5.75 Å². The first-order chi connectivity index (χ1) is 7.72. The number of anilines is 1. The van der Waals surface area contributed by atoms with Crippen LogP contribution < -0.4 is 10.5 Å². The fourth-order valence-electron chi connectivity index (χ4n) is 1.98. The molecule has 0 radical (unpaired) electrons. The first-order valence-corrected chi connectivity index (χ1v) is 5.45. The minimum absolute atomic E-state index is 0.0364. The van der Waals surface area contributed by atoms with Gasteiger partial charge in [-0.3, -0.25) is 4.79 Å². The molecule has 4 heteroatoms. The smallest absolute Gasteiger partial charge is 0.257 e. The SMILES string of the molecule is COc1cc(N)ccc1C(=O)N1CCCC1. The molecule has 2 rings (SSSR count). The standard InChI is InChI=1S/C12H16N2O2/c1-16-11-8-9(13)4-5-10(11)12(15)14-6-2-3-7-14/h4-5,8H,2-3,6-7,13H2,1H3. The van der Waals surface area contributed by atoms with Crippen molar-refractivity contribution in [1.29, 1.82) is 0 Å². The molecular formula is C12H16N2O2. The number of nitrogens with zero attached hydrogens (tertiary/aromatic N) is 1. The zero-order valence-electron chi connectivity index (χ0n) is 9.40. The van der Waals surface area contributed by atoms with Crippen LogP contribution in [-0.2, 0) is 0 Å². The van der Waals surface area contributed by atoms with Gasteiger partial charge in [0, 0.05) is 24.8 Å². The van der Waals surface area contributed by atoms with Crippen molar-refractivity contribution in [1.82, 2.24) is 4.90 Å². The molecule has 0 saturated carbocycles. The van der Waals surface area contributed by atoms with E-state index in [0.29, 0.717) is 17.0 Å². The predicted molar refractivity (Wildman–Crippen MR) is 62.5 cm³/mol. The summed E-state index contributed by atoms with van der Waals surface area (Å²) in [6.45, 7) is 1.68. The topological polar surface area (TPSA) is 55.6 Å². The molecule has 0 bridgehead atoms. The third kappa shape index (κ3) is 1.96. The maximum absolute atomic E-state index is 12.1. The lowest BCUT2D eigenvalue weighted by atomic mass is 10.1. The van der Waals surface area contributed by atoms with Crippen molar-refractivity contribution in [3.05, 3.63) is 23.8 Å². The number of ether oxygens (including phenoxy) is 1. The molecule has 0 aromatic heterocycles. The first-order valence-electron chi connectivity index (χ1n) is 5.45. The van der Waals surface area contributed by atoms with Gasteiger partial charge in [0.05, 0.1) is 12.7 Å². The molecule has 1 fully saturated rings. The second kappa shape index (κ2) is 4.43. The van der Waals surface area contributed by atoms with Crippen molar-refractivity contribution in [2.24, 2.45) is 0 Å². The Morgan fingerprint density at radius 2 is 2.06 bits per heavy atom. The Morgan fingerprint density at radius 3 is 2.69 bits per heavy atom. The highest BCUT2D eigenvalue weighted by Crippen LogP contribution is 2.24. The van der Waals surface area contributed by atoms with Crippen molar-refractivity contribution in [2.75, 3.05) is 25.9 Å². The summed E-state index contributed by atoms with van der Waals surface area (Å²) in [5.41, 5.74) is 6.85. The number of benzene rings is 1. The minimum atomic E-state index is 0.0364. The van der Waals surface area contributed by atoms with E-state index < -0.39 is 0 Å². The Hall–Kier alpha value is -1.71. The van der Waals surface area contributed by atoms with Crippen LogP contribution in [0.25, 0.3) is 0 Å². The van der Waals surface area contributed by atoms with Gasteiger partial charge in [0.1, 0.15) is 5.75 Å². The molecule has 1 saturated heterocycles. The Morgan fingerprint density at radius 1 is 1.38 bits per heavy atom. The molecule has 1 aliphatic rings. The molecule has 1 aliphatic heterocycles. The van der Waals surface area contributed by atoms with E-state index >= 15 is 0 Å². The van der Waals surface area contributed by atoms with E-state index in [4.69, 9.17) is 10.5 Å². The molecule has 1 aromatic rings. The van der Waals surface area contributed by atoms with Crippen LogP contribution in [0.1, 0.15) is 23.2 Å². The van der Waals surface area contributed by atoms with E-state index in [0.717, 1.165) is 25.9 Å². The number of hydrogen-bond acceptors (Lipinski definition) is 3. The summed E-state index contributed by atoms with van der Waals surface area (Å²) in [6, 6.07) is 5.14. The van der Waals surface area contributed by atoms with E-state index in [9.17, 15) is 4.79 Å². The Kier molecular flexibility index (Phi) is 2.99. The van der Waals surface area contributed by atoms with Crippen molar-refractivity contribution in [3.63, 3.8) is 0 Å². The van der Waals surface area contributed by atoms with E-state index in [2.05, 4.69) is 0 Å². The second-order valence-electron chi connectivity index (χ2n) is 3.96. The van der Waals surface area contributed by atoms with Crippen LogP contribution in [0.15, 0.2) is 18.2 Å². The van der Waals surface area contributed by atoms with E-state index in [1.54, 1.807) is 25.3 Å². The van der Waals surface area contributed by atoms with Gasteiger partial charge in [-0.1, -0.05) is 0 Å². The van der Waals surface area contributed by atoms with Crippen molar-refractivity contribution >= 4 is 11.6 Å². The number of rotatable bonds is 2. The molecule has 1 aromatic carbocycles. The second-order valence-corrected chi connectivity index (χ2v) is 3.96. The first kappa shape index (κ1) is 10.8. The van der Waals surface area contributed by atoms with Crippen LogP contribution in [0.4, 0.5) is 5.69 Å². The number of likely N-dealkylation sites (tertiary alicyclic amines) is 1. The van der Waals surface area contributed by atoms with Crippen LogP contribution in [0, 0.1) is 0 Å². The van der Waals surface area contributed by atoms with Crippen LogP contribution >= 0.6 is 0 Å². The monoisotopic (exact) mass is 220 g/mol. The number of methoxy groups -OCH3 is 1. The zero-order chi connectivity index (χ0) is 11.5. The molecule has 1 amide bonds. The summed E-state index contributed by atoms with van der Waals surface area (Å²) in [5.74, 6) is 0.589. The van der Waals surface area contributed by atoms with Gasteiger partial charge < -0.3 is 15.4 Å². The van der Waals surface area contributed by atoms with E-state index in [-0.39, 0.29) is 5.91 Å². The van der Waals surface area contributed by atoms with Crippen molar-refractivity contribution < 1.29 is 9.53 Å². The molecule has 0 unspecified atom stereocenters. The molecule has 1 heterocycles. The predicted octanol–water partition coefficient (Wildman–Crippen LogP) is 1.51. The molecule has 0 atom stereocenters. The third-order valence-corrected chi connectivity index (χ3v) is 2.85. The summed E-state index contributed by atoms with van der Waals surface area (Å²) < 4.78 is 5.18. The maximum Gasteiger partial charge on any atom is 0.257 e. The van der Waals surface area contributed by atoms with E-state index in [1.807, 2.05) is 4.90 Å². The average Bonchev–Trinajstić information content (AvgIpc) is 2.81. The highest BCUT2D eigenvalue weighted by atomic mass is 16.5. The molecule has 2 N–H and O–H groups in total. The Bertz CT molecular complexity index is 398. The quantitative estimate of drug-likeness (QED) is 0.769. The fourth-order valence-corrected chi connectivity index (χ4v) is 1.98. The number of carbonyl (C=O) groups excluding carboxylic acids is 1. The highest BCUT2D eigenvalue weighted by Gasteiger charge is 2.22. The number of nitrogen functional groups attached to an aromatic ring is 1. The molecule has 16 heavy (non-hydrogen) atoms. The number of hydrogen-bond donors (Lipinski definition) is 1. The summed E-state index contributed by atoms with van der Waals surface area (Å²) in [6.07, 6.45) is 2.17. The van der Waals surface area contributed by atoms with Gasteiger partial charge in [0.25, 0.3) is 5.91 Å². The average molecular weight is 220 g/mol. The number of amides is 1. The van der Waals surface area contributed by atoms with Crippen LogP contribution in [0.3, 0.4) is 0 Å². The fraction of sp³-hybridized carbons (Fsp3) is 0.417. The third-order valence-electron chi connectivity index (χ3n) is 2.85. The van der Waals surface area contributed by atoms with Gasteiger partial charge in [-0.05, 0) is 25.0 Å². The summed E-state index contributed by atoms with van der Waals surface area (Å²) in [4.78, 5) is 14.0. The number of carbonyl (C=O) groups is 1. The van der Waals surface area contributed by atoms with Crippen molar-refractivity contribution in [3.8, 4) is 5.75 Å². The molecule has 0 aliphatic carbocycles. The molecule has 0 spiro atoms. The Balaban J connectivity index is 2.28. The lowest BCUT2D eigenvalue weighted by Crippen LogP contribution is -2.27. The van der Waals surface area contributed by atoms with Crippen molar-refractivity contribution in [2.45, 2.75) is 12.8 Å². The van der Waals surface area contributed by atoms with E-state index in [1.165, 1.54) is 0 Å². The number of nitrogens with two attached hydrogens (primary N) is 1. The van der Waals surface area contributed by atoms with Gasteiger partial charge in [0.15, 0.2) is 0 Å². The highest BCUT2D eigenvalue weighted by molar-refractivity contribution is 5.97. The maximum atomic E-state index is 12.1. The minimum Gasteiger partial charge on any atom is -0.496 e. The summed E-state index contributed by atoms with van der Waals surface area (Å²) in [5, 5.41) is 0. The largest absolute Gasteiger partial charge is 0.496 e. The lowest BCUT2D eigenvalue weighted by Gasteiger charge is -2.17.